The monoisotopic (exact) mass is 650 g/mol. The number of nitrogens with zero attached hydrogens (tertiary/aromatic N) is 3. The largest absolute Gasteiger partial charge is 0.462 e. The zero-order valence-corrected chi connectivity index (χ0v) is 26.4. The molecule has 0 fully saturated rings. The Morgan fingerprint density at radius 3 is 2.04 bits per heavy atom. The third-order valence-electron chi connectivity index (χ3n) is 6.33. The maximum Gasteiger partial charge on any atom is 0.303 e. The zero-order chi connectivity index (χ0) is 33.4. The smallest absolute Gasteiger partial charge is 0.303 e. The minimum Gasteiger partial charge on any atom is -0.462 e. The van der Waals surface area contributed by atoms with Gasteiger partial charge in [0.05, 0.1) is 11.6 Å². The molecule has 45 heavy (non-hydrogen) atoms. The average molecular weight is 651 g/mol. The van der Waals surface area contributed by atoms with Gasteiger partial charge in [-0.1, -0.05) is 0 Å². The van der Waals surface area contributed by atoms with E-state index in [0.29, 0.717) is 10.2 Å². The van der Waals surface area contributed by atoms with Gasteiger partial charge in [0.2, 0.25) is 11.9 Å². The molecule has 0 aromatic carbocycles. The van der Waals surface area contributed by atoms with E-state index in [1.807, 2.05) is 0 Å². The Kier molecular flexibility index (Phi) is 11.9. The second-order valence-corrected chi connectivity index (χ2v) is 11.1. The number of carbonyl (C=O) groups excluding carboxylic acids is 6. The van der Waals surface area contributed by atoms with Crippen LogP contribution < -0.4 is 10.6 Å². The molecule has 0 saturated heterocycles. The molecule has 1 aliphatic rings. The predicted molar refractivity (Wildman–Crippen MR) is 157 cm³/mol. The summed E-state index contributed by atoms with van der Waals surface area (Å²) in [4.78, 5) is 94.2. The van der Waals surface area contributed by atoms with E-state index >= 15 is 0 Å². The summed E-state index contributed by atoms with van der Waals surface area (Å²) < 4.78 is 26.2. The van der Waals surface area contributed by atoms with E-state index < -0.39 is 72.3 Å². The summed E-state index contributed by atoms with van der Waals surface area (Å²) in [6.07, 6.45) is -2.29. The van der Waals surface area contributed by atoms with Gasteiger partial charge in [-0.2, -0.15) is 10.1 Å². The maximum atomic E-state index is 13.1. The number of hydrogen-bond acceptors (Lipinski definition) is 15. The fourth-order valence-electron chi connectivity index (χ4n) is 4.71. The van der Waals surface area contributed by atoms with Crippen LogP contribution in [0.4, 0.5) is 5.95 Å². The van der Waals surface area contributed by atoms with Crippen LogP contribution in [0.3, 0.4) is 0 Å². The Balaban J connectivity index is 2.10. The van der Waals surface area contributed by atoms with Crippen LogP contribution in [-0.2, 0) is 65.3 Å². The minimum atomic E-state index is -1.74. The molecular weight excluding hydrogens is 616 g/mol. The Bertz CT molecular complexity index is 1560. The number of carbonyl (C=O) groups is 6. The van der Waals surface area contributed by atoms with Crippen LogP contribution in [0.2, 0.25) is 0 Å². The number of amides is 1. The van der Waals surface area contributed by atoms with E-state index in [1.54, 1.807) is 0 Å². The maximum absolute atomic E-state index is 13.1. The fraction of sp³-hybridized carbons (Fsp3) is 0.536. The van der Waals surface area contributed by atoms with Gasteiger partial charge < -0.3 is 23.7 Å². The van der Waals surface area contributed by atoms with Crippen LogP contribution in [0, 0.1) is 0 Å². The number of nitrogens with one attached hydrogen (secondary N) is 1. The SMILES string of the molecule is CC(=O)OC[C@@H](OC(C)=O)[C@H](OC(C)=O)[C@H](OC(C)=O)[C@H](/C=N/N(C(C)=O)c1nc2sc3c(c2c(=O)[nH]1)CCCC3)OC(C)=O. The molecular formula is C28H34N4O12S. The number of fused-ring (bicyclic) bond motifs is 3. The van der Waals surface area contributed by atoms with Crippen molar-refractivity contribution in [2.75, 3.05) is 11.6 Å². The number of aromatic nitrogens is 2. The normalized spacial score (nSPS) is 15.2. The molecule has 17 heteroatoms. The number of aromatic amines is 1. The highest BCUT2D eigenvalue weighted by atomic mass is 32.1. The molecule has 0 spiro atoms. The summed E-state index contributed by atoms with van der Waals surface area (Å²) in [6.45, 7) is 5.69. The first-order valence-corrected chi connectivity index (χ1v) is 14.7. The number of hydrogen-bond donors (Lipinski definition) is 1. The van der Waals surface area contributed by atoms with Crippen LogP contribution in [0.1, 0.15) is 64.8 Å². The van der Waals surface area contributed by atoms with Crippen molar-refractivity contribution >= 4 is 69.5 Å². The molecule has 4 atom stereocenters. The Morgan fingerprint density at radius 1 is 0.867 bits per heavy atom. The van der Waals surface area contributed by atoms with Crippen LogP contribution in [0.25, 0.3) is 10.2 Å². The number of ether oxygens (including phenoxy) is 5. The van der Waals surface area contributed by atoms with Crippen LogP contribution >= 0.6 is 11.3 Å². The molecule has 0 unspecified atom stereocenters. The van der Waals surface area contributed by atoms with E-state index in [2.05, 4.69) is 15.1 Å². The van der Waals surface area contributed by atoms with E-state index in [0.717, 1.165) is 88.9 Å². The van der Waals surface area contributed by atoms with Crippen molar-refractivity contribution in [1.82, 2.24) is 9.97 Å². The first kappa shape index (κ1) is 34.8. The van der Waals surface area contributed by atoms with Crippen molar-refractivity contribution in [3.05, 3.63) is 20.8 Å². The van der Waals surface area contributed by atoms with Crippen molar-refractivity contribution in [3.63, 3.8) is 0 Å². The molecule has 2 aromatic rings. The van der Waals surface area contributed by atoms with Crippen molar-refractivity contribution in [1.29, 1.82) is 0 Å². The summed E-state index contributed by atoms with van der Waals surface area (Å²) in [6, 6.07) is 0. The molecule has 16 nitrogen and oxygen atoms in total. The number of rotatable bonds is 12. The highest BCUT2D eigenvalue weighted by Crippen LogP contribution is 2.34. The van der Waals surface area contributed by atoms with Crippen LogP contribution in [0.15, 0.2) is 9.90 Å². The van der Waals surface area contributed by atoms with E-state index in [1.165, 1.54) is 11.3 Å². The average Bonchev–Trinajstić information content (AvgIpc) is 3.30. The molecule has 0 bridgehead atoms. The van der Waals surface area contributed by atoms with E-state index in [-0.39, 0.29) is 5.95 Å². The summed E-state index contributed by atoms with van der Waals surface area (Å²) in [5.74, 6) is -5.33. The second-order valence-electron chi connectivity index (χ2n) is 10.0. The molecule has 2 heterocycles. The van der Waals surface area contributed by atoms with Gasteiger partial charge in [0.25, 0.3) is 5.56 Å². The molecule has 2 aromatic heterocycles. The number of thiophene rings is 1. The number of esters is 5. The highest BCUT2D eigenvalue weighted by Gasteiger charge is 2.43. The topological polar surface area (TPSA) is 210 Å². The fourth-order valence-corrected chi connectivity index (χ4v) is 5.97. The van der Waals surface area contributed by atoms with E-state index in [4.69, 9.17) is 23.7 Å². The number of H-pyrrole nitrogens is 1. The zero-order valence-electron chi connectivity index (χ0n) is 25.6. The number of anilines is 1. The number of aryl methyl sites for hydroxylation is 2. The Hall–Kier alpha value is -4.67. The lowest BCUT2D eigenvalue weighted by atomic mass is 9.97. The summed E-state index contributed by atoms with van der Waals surface area (Å²) >= 11 is 1.35. The summed E-state index contributed by atoms with van der Waals surface area (Å²) in [5.41, 5.74) is 0.473. The molecule has 1 N–H and O–H groups in total. The lowest BCUT2D eigenvalue weighted by Gasteiger charge is -2.34. The molecule has 3 rings (SSSR count). The third kappa shape index (κ3) is 9.41. The quantitative estimate of drug-likeness (QED) is 0.150. The van der Waals surface area contributed by atoms with Crippen LogP contribution in [0.5, 0.6) is 0 Å². The lowest BCUT2D eigenvalue weighted by Crippen LogP contribution is -2.53. The first-order valence-electron chi connectivity index (χ1n) is 13.9. The second kappa shape index (κ2) is 15.4. The molecule has 0 aliphatic heterocycles. The van der Waals surface area contributed by atoms with Crippen molar-refractivity contribution in [2.24, 2.45) is 5.10 Å². The lowest BCUT2D eigenvalue weighted by molar-refractivity contribution is -0.197. The Morgan fingerprint density at radius 2 is 1.47 bits per heavy atom. The van der Waals surface area contributed by atoms with Gasteiger partial charge in [-0.3, -0.25) is 38.5 Å². The molecule has 244 valence electrons. The summed E-state index contributed by atoms with van der Waals surface area (Å²) in [5, 5.41) is 5.28. The van der Waals surface area contributed by atoms with Gasteiger partial charge in [0.1, 0.15) is 11.4 Å². The van der Waals surface area contributed by atoms with E-state index in [9.17, 15) is 33.6 Å². The minimum absolute atomic E-state index is 0.232. The highest BCUT2D eigenvalue weighted by molar-refractivity contribution is 7.18. The van der Waals surface area contributed by atoms with Crippen molar-refractivity contribution in [2.45, 2.75) is 91.6 Å². The molecule has 1 amide bonds. The van der Waals surface area contributed by atoms with Gasteiger partial charge in [-0.25, -0.2) is 4.98 Å². The van der Waals surface area contributed by atoms with Gasteiger partial charge in [0.15, 0.2) is 24.4 Å². The van der Waals surface area contributed by atoms with Gasteiger partial charge >= 0.3 is 29.8 Å². The molecule has 0 saturated carbocycles. The van der Waals surface area contributed by atoms with Gasteiger partial charge in [0, 0.05) is 46.4 Å². The number of hydrazone groups is 1. The van der Waals surface area contributed by atoms with Crippen molar-refractivity contribution in [3.8, 4) is 0 Å². The molecule has 0 radical (unpaired) electrons. The predicted octanol–water partition coefficient (Wildman–Crippen LogP) is 1.49. The first-order chi connectivity index (χ1) is 21.2. The van der Waals surface area contributed by atoms with Gasteiger partial charge in [-0.05, 0) is 31.2 Å². The third-order valence-corrected chi connectivity index (χ3v) is 7.51. The van der Waals surface area contributed by atoms with Gasteiger partial charge in [-0.15, -0.1) is 11.3 Å². The van der Waals surface area contributed by atoms with Crippen LogP contribution in [-0.4, -0.2) is 83.0 Å². The standard InChI is InChI=1S/C28H34N4O12S/c1-13(33)32(28-30-26(39)23-19-9-7-8-10-22(19)45-27(23)31-28)29-11-20(41-15(3)35)24(43-17(5)37)25(44-18(6)38)21(42-16(4)36)12-40-14(2)34/h11,20-21,24-25H,7-10,12H2,1-6H3,(H,30,31,39)/b29-11+/t20-,21+,24+,25-/m0/s1. The van der Waals surface area contributed by atoms with Crippen molar-refractivity contribution < 1.29 is 52.5 Å². The molecule has 1 aliphatic carbocycles. The Labute approximate surface area is 261 Å². The summed E-state index contributed by atoms with van der Waals surface area (Å²) in [7, 11) is 0.